The van der Waals surface area contributed by atoms with Crippen molar-refractivity contribution in [1.29, 1.82) is 0 Å². The Bertz CT molecular complexity index is 679. The maximum atomic E-state index is 10.7. The molecule has 0 aliphatic rings. The molecule has 0 saturated heterocycles. The third kappa shape index (κ3) is 2.36. The molecule has 0 saturated carbocycles. The van der Waals surface area contributed by atoms with E-state index in [4.69, 9.17) is 15.7 Å². The molecule has 0 spiro atoms. The summed E-state index contributed by atoms with van der Waals surface area (Å²) >= 11 is 0. The van der Waals surface area contributed by atoms with Gasteiger partial charge in [0, 0.05) is 11.6 Å². The number of ether oxygens (including phenoxy) is 1. The van der Waals surface area contributed by atoms with Gasteiger partial charge in [-0.1, -0.05) is 5.16 Å². The molecule has 0 fully saturated rings. The summed E-state index contributed by atoms with van der Waals surface area (Å²) in [7, 11) is 1.48. The van der Waals surface area contributed by atoms with Gasteiger partial charge < -0.3 is 15.7 Å². The van der Waals surface area contributed by atoms with Gasteiger partial charge in [0.1, 0.15) is 18.1 Å². The predicted octanol–water partition coefficient (Wildman–Crippen LogP) is 0.884. The average Bonchev–Trinajstić information content (AvgIpc) is 2.95. The molecule has 9 heteroatoms. The van der Waals surface area contributed by atoms with Gasteiger partial charge in [-0.2, -0.15) is 5.10 Å². The van der Waals surface area contributed by atoms with Gasteiger partial charge in [-0.15, -0.1) is 0 Å². The van der Waals surface area contributed by atoms with E-state index in [-0.39, 0.29) is 11.5 Å². The molecule has 0 amide bonds. The summed E-state index contributed by atoms with van der Waals surface area (Å²) in [5.74, 6) is 0.369. The minimum atomic E-state index is -0.563. The zero-order chi connectivity index (χ0) is 14.7. The molecule has 3 N–H and O–H groups in total. The molecule has 0 aliphatic carbocycles. The number of rotatable bonds is 4. The number of amidine groups is 1. The van der Waals surface area contributed by atoms with Crippen molar-refractivity contribution in [2.75, 3.05) is 7.11 Å². The second-order valence-electron chi connectivity index (χ2n) is 3.77. The highest BCUT2D eigenvalue weighted by Crippen LogP contribution is 2.22. The number of nitrogens with two attached hydrogens (primary N) is 1. The van der Waals surface area contributed by atoms with Crippen molar-refractivity contribution < 1.29 is 14.9 Å². The van der Waals surface area contributed by atoms with E-state index in [0.717, 1.165) is 6.20 Å². The Balaban J connectivity index is 2.59. The van der Waals surface area contributed by atoms with E-state index in [1.165, 1.54) is 18.0 Å². The molecule has 104 valence electrons. The van der Waals surface area contributed by atoms with E-state index in [9.17, 15) is 10.1 Å². The quantitative estimate of drug-likeness (QED) is 0.280. The van der Waals surface area contributed by atoms with Gasteiger partial charge >= 0.3 is 5.69 Å². The van der Waals surface area contributed by atoms with Crippen molar-refractivity contribution in [2.24, 2.45) is 10.9 Å². The molecule has 0 unspecified atom stereocenters. The van der Waals surface area contributed by atoms with Gasteiger partial charge in [0.15, 0.2) is 5.84 Å². The number of nitro groups is 1. The average molecular weight is 277 g/mol. The van der Waals surface area contributed by atoms with Crippen molar-refractivity contribution in [3.05, 3.63) is 46.3 Å². The summed E-state index contributed by atoms with van der Waals surface area (Å²) in [4.78, 5) is 10.1. The fourth-order valence-electron chi connectivity index (χ4n) is 1.64. The molecule has 20 heavy (non-hydrogen) atoms. The van der Waals surface area contributed by atoms with E-state index < -0.39 is 4.92 Å². The lowest BCUT2D eigenvalue weighted by Crippen LogP contribution is -2.16. The van der Waals surface area contributed by atoms with Crippen molar-refractivity contribution in [3.63, 3.8) is 0 Å². The highest BCUT2D eigenvalue weighted by Gasteiger charge is 2.15. The molecule has 2 aromatic rings. The summed E-state index contributed by atoms with van der Waals surface area (Å²) in [6.45, 7) is 0. The first kappa shape index (κ1) is 13.3. The van der Waals surface area contributed by atoms with Crippen molar-refractivity contribution in [1.82, 2.24) is 9.78 Å². The summed E-state index contributed by atoms with van der Waals surface area (Å²) in [5.41, 5.74) is 6.17. The topological polar surface area (TPSA) is 129 Å². The van der Waals surface area contributed by atoms with Gasteiger partial charge in [-0.05, 0) is 12.1 Å². The van der Waals surface area contributed by atoms with Crippen LogP contribution in [0.2, 0.25) is 0 Å². The lowest BCUT2D eigenvalue weighted by molar-refractivity contribution is -0.384. The number of hydrogen-bond donors (Lipinski definition) is 2. The first-order chi connectivity index (χ1) is 9.56. The Labute approximate surface area is 113 Å². The number of nitrogens with zero attached hydrogens (tertiary/aromatic N) is 4. The van der Waals surface area contributed by atoms with Gasteiger partial charge in [0.05, 0.1) is 17.7 Å². The summed E-state index contributed by atoms with van der Waals surface area (Å²) in [5, 5.41) is 26.3. The minimum absolute atomic E-state index is 0.138. The Morgan fingerprint density at radius 1 is 1.60 bits per heavy atom. The Morgan fingerprint density at radius 3 is 2.90 bits per heavy atom. The van der Waals surface area contributed by atoms with E-state index in [0.29, 0.717) is 17.0 Å². The van der Waals surface area contributed by atoms with Crippen LogP contribution < -0.4 is 10.5 Å². The molecule has 1 aromatic heterocycles. The van der Waals surface area contributed by atoms with Gasteiger partial charge in [-0.25, -0.2) is 4.68 Å². The van der Waals surface area contributed by atoms with E-state index in [2.05, 4.69) is 10.3 Å². The Kier molecular flexibility index (Phi) is 3.51. The molecule has 0 bridgehead atoms. The standard InChI is InChI=1S/C11H11N5O4/c1-20-8-2-3-9(11(12)14-17)10(4-8)15-6-7(5-13-15)16(18)19/h2-6,17H,1H3,(H2,12,14). The Morgan fingerprint density at radius 2 is 2.35 bits per heavy atom. The molecule has 0 radical (unpaired) electrons. The number of methoxy groups -OCH3 is 1. The molecule has 2 rings (SSSR count). The highest BCUT2D eigenvalue weighted by molar-refractivity contribution is 6.00. The normalized spacial score (nSPS) is 11.3. The van der Waals surface area contributed by atoms with Crippen LogP contribution in [0.1, 0.15) is 5.56 Å². The monoisotopic (exact) mass is 277 g/mol. The lowest BCUT2D eigenvalue weighted by atomic mass is 10.1. The molecule has 0 atom stereocenters. The third-order valence-electron chi connectivity index (χ3n) is 2.62. The first-order valence-electron chi connectivity index (χ1n) is 5.42. The van der Waals surface area contributed by atoms with Gasteiger partial charge in [0.2, 0.25) is 0 Å². The number of hydrogen-bond acceptors (Lipinski definition) is 6. The SMILES string of the molecule is COc1ccc(/C(N)=N/O)c(-n2cc([N+](=O)[O-])cn2)c1. The van der Waals surface area contributed by atoms with Crippen molar-refractivity contribution in [3.8, 4) is 11.4 Å². The van der Waals surface area contributed by atoms with Crippen LogP contribution in [-0.2, 0) is 0 Å². The molecular formula is C11H11N5O4. The van der Waals surface area contributed by atoms with Crippen LogP contribution in [0.4, 0.5) is 5.69 Å². The van der Waals surface area contributed by atoms with Crippen LogP contribution >= 0.6 is 0 Å². The smallest absolute Gasteiger partial charge is 0.307 e. The number of benzene rings is 1. The number of oxime groups is 1. The van der Waals surface area contributed by atoms with Crippen LogP contribution in [0.5, 0.6) is 5.75 Å². The van der Waals surface area contributed by atoms with E-state index >= 15 is 0 Å². The largest absolute Gasteiger partial charge is 0.497 e. The van der Waals surface area contributed by atoms with Crippen molar-refractivity contribution in [2.45, 2.75) is 0 Å². The minimum Gasteiger partial charge on any atom is -0.497 e. The van der Waals surface area contributed by atoms with Crippen molar-refractivity contribution >= 4 is 11.5 Å². The molecular weight excluding hydrogens is 266 g/mol. The number of aromatic nitrogens is 2. The summed E-state index contributed by atoms with van der Waals surface area (Å²) in [6, 6.07) is 4.76. The maximum absolute atomic E-state index is 10.7. The van der Waals surface area contributed by atoms with Crippen LogP contribution in [-0.4, -0.2) is 32.9 Å². The molecule has 9 nitrogen and oxygen atoms in total. The second-order valence-corrected chi connectivity index (χ2v) is 3.77. The van der Waals surface area contributed by atoms with Crippen LogP contribution in [0, 0.1) is 10.1 Å². The summed E-state index contributed by atoms with van der Waals surface area (Å²) < 4.78 is 6.34. The lowest BCUT2D eigenvalue weighted by Gasteiger charge is -2.10. The summed E-state index contributed by atoms with van der Waals surface area (Å²) in [6.07, 6.45) is 2.33. The van der Waals surface area contributed by atoms with Crippen LogP contribution in [0.3, 0.4) is 0 Å². The van der Waals surface area contributed by atoms with E-state index in [1.807, 2.05) is 0 Å². The fourth-order valence-corrected chi connectivity index (χ4v) is 1.64. The highest BCUT2D eigenvalue weighted by atomic mass is 16.6. The van der Waals surface area contributed by atoms with Crippen LogP contribution in [0.15, 0.2) is 35.7 Å². The first-order valence-corrected chi connectivity index (χ1v) is 5.42. The maximum Gasteiger partial charge on any atom is 0.307 e. The zero-order valence-corrected chi connectivity index (χ0v) is 10.4. The molecule has 0 aliphatic heterocycles. The Hall–Kier alpha value is -3.10. The van der Waals surface area contributed by atoms with Crippen LogP contribution in [0.25, 0.3) is 5.69 Å². The van der Waals surface area contributed by atoms with E-state index in [1.54, 1.807) is 18.2 Å². The third-order valence-corrected chi connectivity index (χ3v) is 2.62. The second kappa shape index (κ2) is 5.26. The predicted molar refractivity (Wildman–Crippen MR) is 69.3 cm³/mol. The van der Waals surface area contributed by atoms with Gasteiger partial charge in [0.25, 0.3) is 0 Å². The fraction of sp³-hybridized carbons (Fsp3) is 0.0909. The molecule has 1 heterocycles. The molecule has 1 aromatic carbocycles. The van der Waals surface area contributed by atoms with Gasteiger partial charge in [-0.3, -0.25) is 10.1 Å². The zero-order valence-electron chi connectivity index (χ0n) is 10.4.